The number of carbonyl (C=O) groups excluding carboxylic acids is 3. The molecule has 1 rings (SSSR count). The van der Waals surface area contributed by atoms with Gasteiger partial charge in [-0.25, -0.2) is 0 Å². The summed E-state index contributed by atoms with van der Waals surface area (Å²) in [6.07, 6.45) is -0.0251. The zero-order chi connectivity index (χ0) is 15.8. The Kier molecular flexibility index (Phi) is 6.88. The first-order valence-corrected chi connectivity index (χ1v) is 7.00. The number of esters is 1. The van der Waals surface area contributed by atoms with Gasteiger partial charge >= 0.3 is 5.97 Å². The minimum atomic E-state index is -0.573. The van der Waals surface area contributed by atoms with Crippen LogP contribution in [0.25, 0.3) is 0 Å². The quantitative estimate of drug-likeness (QED) is 0.620. The van der Waals surface area contributed by atoms with E-state index in [0.29, 0.717) is 10.6 Å². The molecule has 0 saturated heterocycles. The average molecular weight is 312 g/mol. The number of amides is 1. The van der Waals surface area contributed by atoms with E-state index in [1.807, 2.05) is 13.8 Å². The summed E-state index contributed by atoms with van der Waals surface area (Å²) < 4.78 is 4.79. The summed E-state index contributed by atoms with van der Waals surface area (Å²) in [5.74, 6) is -1.10. The minimum absolute atomic E-state index is 0.0114. The first-order chi connectivity index (χ1) is 9.88. The van der Waals surface area contributed by atoms with E-state index in [1.165, 1.54) is 0 Å². The summed E-state index contributed by atoms with van der Waals surface area (Å²) in [7, 11) is 0. The van der Waals surface area contributed by atoms with Gasteiger partial charge in [0.2, 0.25) is 0 Å². The van der Waals surface area contributed by atoms with E-state index in [2.05, 4.69) is 5.32 Å². The van der Waals surface area contributed by atoms with E-state index in [9.17, 15) is 14.4 Å². The lowest BCUT2D eigenvalue weighted by Crippen LogP contribution is -2.34. The molecular formula is C15H18ClNO4. The number of benzene rings is 1. The van der Waals surface area contributed by atoms with E-state index in [-0.39, 0.29) is 37.2 Å². The van der Waals surface area contributed by atoms with Gasteiger partial charge in [0, 0.05) is 23.0 Å². The molecule has 114 valence electrons. The van der Waals surface area contributed by atoms with Gasteiger partial charge in [-0.2, -0.15) is 0 Å². The molecule has 0 spiro atoms. The topological polar surface area (TPSA) is 72.5 Å². The number of Topliss-reactive ketones (excluding diaryl/α,β-unsaturated/α-hetero) is 1. The predicted molar refractivity (Wildman–Crippen MR) is 79.3 cm³/mol. The highest BCUT2D eigenvalue weighted by Gasteiger charge is 2.12. The normalized spacial score (nSPS) is 10.3. The molecule has 0 aliphatic rings. The molecule has 1 aromatic rings. The Balaban J connectivity index is 2.31. The third kappa shape index (κ3) is 6.90. The smallest absolute Gasteiger partial charge is 0.306 e. The fourth-order valence-corrected chi connectivity index (χ4v) is 1.70. The second kappa shape index (κ2) is 8.42. The standard InChI is InChI=1S/C15H18ClNO4/c1-10(2)17-14(19)9-21-15(20)8-7-13(18)11-3-5-12(16)6-4-11/h3-6,10H,7-9H2,1-2H3,(H,17,19). The summed E-state index contributed by atoms with van der Waals surface area (Å²) >= 11 is 5.73. The zero-order valence-electron chi connectivity index (χ0n) is 12.0. The van der Waals surface area contributed by atoms with Crippen molar-refractivity contribution < 1.29 is 19.1 Å². The molecule has 0 fully saturated rings. The van der Waals surface area contributed by atoms with Crippen LogP contribution in [-0.2, 0) is 14.3 Å². The van der Waals surface area contributed by atoms with Crippen LogP contribution in [0.4, 0.5) is 0 Å². The average Bonchev–Trinajstić information content (AvgIpc) is 2.42. The van der Waals surface area contributed by atoms with Crippen molar-refractivity contribution in [1.29, 1.82) is 0 Å². The third-order valence-electron chi connectivity index (χ3n) is 2.54. The van der Waals surface area contributed by atoms with Crippen LogP contribution in [0, 0.1) is 0 Å². The number of nitrogens with one attached hydrogen (secondary N) is 1. The number of hydrogen-bond donors (Lipinski definition) is 1. The van der Waals surface area contributed by atoms with Gasteiger partial charge in [-0.3, -0.25) is 14.4 Å². The van der Waals surface area contributed by atoms with Crippen molar-refractivity contribution >= 4 is 29.3 Å². The van der Waals surface area contributed by atoms with Crippen molar-refractivity contribution in [1.82, 2.24) is 5.32 Å². The van der Waals surface area contributed by atoms with Crippen molar-refractivity contribution in [2.75, 3.05) is 6.61 Å². The van der Waals surface area contributed by atoms with Crippen LogP contribution >= 0.6 is 11.6 Å². The van der Waals surface area contributed by atoms with Gasteiger partial charge in [-0.1, -0.05) is 11.6 Å². The highest BCUT2D eigenvalue weighted by Crippen LogP contribution is 2.12. The van der Waals surface area contributed by atoms with Crippen molar-refractivity contribution in [2.45, 2.75) is 32.7 Å². The Morgan fingerprint density at radius 2 is 1.76 bits per heavy atom. The molecule has 1 amide bonds. The van der Waals surface area contributed by atoms with Crippen LogP contribution < -0.4 is 5.32 Å². The lowest BCUT2D eigenvalue weighted by atomic mass is 10.1. The third-order valence-corrected chi connectivity index (χ3v) is 2.79. The van der Waals surface area contributed by atoms with Gasteiger partial charge in [-0.15, -0.1) is 0 Å². The molecule has 0 radical (unpaired) electrons. The number of rotatable bonds is 7. The van der Waals surface area contributed by atoms with Crippen molar-refractivity contribution in [3.63, 3.8) is 0 Å². The number of ether oxygens (including phenoxy) is 1. The molecule has 0 aliphatic carbocycles. The van der Waals surface area contributed by atoms with Crippen LogP contribution in [-0.4, -0.2) is 30.3 Å². The Labute approximate surface area is 128 Å². The Morgan fingerprint density at radius 1 is 1.14 bits per heavy atom. The first kappa shape index (κ1) is 17.2. The molecule has 1 aromatic carbocycles. The van der Waals surface area contributed by atoms with Crippen LogP contribution in [0.3, 0.4) is 0 Å². The molecule has 5 nitrogen and oxygen atoms in total. The van der Waals surface area contributed by atoms with Gasteiger partial charge < -0.3 is 10.1 Å². The van der Waals surface area contributed by atoms with E-state index in [0.717, 1.165) is 0 Å². The number of halogens is 1. The lowest BCUT2D eigenvalue weighted by Gasteiger charge is -2.08. The second-order valence-corrected chi connectivity index (χ2v) is 5.25. The Bertz CT molecular complexity index is 511. The monoisotopic (exact) mass is 311 g/mol. The highest BCUT2D eigenvalue weighted by atomic mass is 35.5. The molecule has 0 heterocycles. The summed E-state index contributed by atoms with van der Waals surface area (Å²) in [5, 5.41) is 3.14. The summed E-state index contributed by atoms with van der Waals surface area (Å²) in [4.78, 5) is 34.5. The zero-order valence-corrected chi connectivity index (χ0v) is 12.8. The molecule has 0 saturated carbocycles. The van der Waals surface area contributed by atoms with Crippen molar-refractivity contribution in [3.8, 4) is 0 Å². The van der Waals surface area contributed by atoms with Gasteiger partial charge in [-0.05, 0) is 38.1 Å². The fraction of sp³-hybridized carbons (Fsp3) is 0.400. The highest BCUT2D eigenvalue weighted by molar-refractivity contribution is 6.30. The summed E-state index contributed by atoms with van der Waals surface area (Å²) in [6, 6.07) is 6.42. The second-order valence-electron chi connectivity index (χ2n) is 4.81. The van der Waals surface area contributed by atoms with E-state index >= 15 is 0 Å². The number of carbonyl (C=O) groups is 3. The van der Waals surface area contributed by atoms with Gasteiger partial charge in [0.15, 0.2) is 12.4 Å². The Hall–Kier alpha value is -1.88. The van der Waals surface area contributed by atoms with E-state index in [4.69, 9.17) is 16.3 Å². The molecule has 0 bridgehead atoms. The van der Waals surface area contributed by atoms with Crippen LogP contribution in [0.1, 0.15) is 37.0 Å². The summed E-state index contributed by atoms with van der Waals surface area (Å²) in [6.45, 7) is 3.29. The first-order valence-electron chi connectivity index (χ1n) is 6.62. The minimum Gasteiger partial charge on any atom is -0.456 e. The van der Waals surface area contributed by atoms with Gasteiger partial charge in [0.25, 0.3) is 5.91 Å². The maximum Gasteiger partial charge on any atom is 0.306 e. The van der Waals surface area contributed by atoms with Gasteiger partial charge in [0.1, 0.15) is 0 Å². The van der Waals surface area contributed by atoms with E-state index < -0.39 is 5.97 Å². The fourth-order valence-electron chi connectivity index (χ4n) is 1.58. The molecule has 1 N–H and O–H groups in total. The largest absolute Gasteiger partial charge is 0.456 e. The Morgan fingerprint density at radius 3 is 2.33 bits per heavy atom. The molecule has 0 aliphatic heterocycles. The summed E-state index contributed by atoms with van der Waals surface area (Å²) in [5.41, 5.74) is 0.491. The van der Waals surface area contributed by atoms with E-state index in [1.54, 1.807) is 24.3 Å². The molecule has 0 atom stereocenters. The molecular weight excluding hydrogens is 294 g/mol. The van der Waals surface area contributed by atoms with Gasteiger partial charge in [0.05, 0.1) is 6.42 Å². The van der Waals surface area contributed by atoms with Crippen LogP contribution in [0.2, 0.25) is 5.02 Å². The predicted octanol–water partition coefficient (Wildman–Crippen LogP) is 2.37. The molecule has 21 heavy (non-hydrogen) atoms. The SMILES string of the molecule is CC(C)NC(=O)COC(=O)CCC(=O)c1ccc(Cl)cc1. The maximum absolute atomic E-state index is 11.8. The van der Waals surface area contributed by atoms with Crippen molar-refractivity contribution in [2.24, 2.45) is 0 Å². The van der Waals surface area contributed by atoms with Crippen LogP contribution in [0.15, 0.2) is 24.3 Å². The molecule has 0 unspecified atom stereocenters. The molecule has 0 aromatic heterocycles. The number of ketones is 1. The maximum atomic E-state index is 11.8. The molecule has 6 heteroatoms. The van der Waals surface area contributed by atoms with Crippen molar-refractivity contribution in [3.05, 3.63) is 34.9 Å². The number of hydrogen-bond acceptors (Lipinski definition) is 4. The van der Waals surface area contributed by atoms with Crippen LogP contribution in [0.5, 0.6) is 0 Å². The lowest BCUT2D eigenvalue weighted by molar-refractivity contribution is -0.148.